The lowest BCUT2D eigenvalue weighted by atomic mass is 10.0. The molecule has 0 spiro atoms. The minimum Gasteiger partial charge on any atom is -0.325 e. The maximum absolute atomic E-state index is 11.8. The Morgan fingerprint density at radius 1 is 1.21 bits per heavy atom. The summed E-state index contributed by atoms with van der Waals surface area (Å²) in [6, 6.07) is 9.97. The van der Waals surface area contributed by atoms with Crippen molar-refractivity contribution in [3.8, 4) is 0 Å². The molecular formula is C16H18N2O. The van der Waals surface area contributed by atoms with Gasteiger partial charge in [-0.15, -0.1) is 0 Å². The van der Waals surface area contributed by atoms with Crippen molar-refractivity contribution in [2.75, 3.05) is 5.32 Å². The van der Waals surface area contributed by atoms with E-state index in [9.17, 15) is 4.79 Å². The summed E-state index contributed by atoms with van der Waals surface area (Å²) in [6.07, 6.45) is 4.57. The third kappa shape index (κ3) is 3.91. The molecule has 0 saturated carbocycles. The molecular weight excluding hydrogens is 236 g/mol. The fourth-order valence-corrected chi connectivity index (χ4v) is 1.88. The molecule has 0 unspecified atom stereocenters. The number of hydrogen-bond acceptors (Lipinski definition) is 2. The number of aromatic nitrogens is 1. The smallest absolute Gasteiger partial charge is 0.224 e. The normalized spacial score (nSPS) is 10.2. The number of hydrogen-bond donors (Lipinski definition) is 1. The van der Waals surface area contributed by atoms with E-state index in [2.05, 4.69) is 42.3 Å². The predicted molar refractivity (Wildman–Crippen MR) is 77.1 cm³/mol. The highest BCUT2D eigenvalue weighted by Crippen LogP contribution is 2.12. The second-order valence-electron chi connectivity index (χ2n) is 4.71. The number of aryl methyl sites for hydroxylation is 3. The van der Waals surface area contributed by atoms with Gasteiger partial charge < -0.3 is 5.32 Å². The zero-order valence-corrected chi connectivity index (χ0v) is 11.3. The van der Waals surface area contributed by atoms with E-state index in [1.807, 2.05) is 6.07 Å². The van der Waals surface area contributed by atoms with Crippen LogP contribution in [-0.4, -0.2) is 10.9 Å². The lowest BCUT2D eigenvalue weighted by Crippen LogP contribution is -2.12. The van der Waals surface area contributed by atoms with E-state index in [0.29, 0.717) is 6.42 Å². The molecule has 2 rings (SSSR count). The minimum atomic E-state index is 0.0197. The zero-order chi connectivity index (χ0) is 13.7. The van der Waals surface area contributed by atoms with Gasteiger partial charge in [-0.1, -0.05) is 18.2 Å². The largest absolute Gasteiger partial charge is 0.325 e. The highest BCUT2D eigenvalue weighted by molar-refractivity contribution is 5.90. The molecule has 0 bridgehead atoms. The molecule has 2 aromatic rings. The van der Waals surface area contributed by atoms with Crippen LogP contribution >= 0.6 is 0 Å². The number of carbonyl (C=O) groups is 1. The van der Waals surface area contributed by atoms with Crippen LogP contribution in [0.5, 0.6) is 0 Å². The Bertz CT molecular complexity index is 564. The molecule has 0 aliphatic heterocycles. The van der Waals surface area contributed by atoms with Gasteiger partial charge in [-0.3, -0.25) is 9.78 Å². The van der Waals surface area contributed by atoms with Gasteiger partial charge in [0.15, 0.2) is 0 Å². The van der Waals surface area contributed by atoms with Crippen LogP contribution in [0, 0.1) is 13.8 Å². The first-order valence-electron chi connectivity index (χ1n) is 6.41. The molecule has 0 radical (unpaired) electrons. The van der Waals surface area contributed by atoms with Crippen molar-refractivity contribution >= 4 is 11.6 Å². The molecule has 3 nitrogen and oxygen atoms in total. The summed E-state index contributed by atoms with van der Waals surface area (Å²) in [7, 11) is 0. The Balaban J connectivity index is 1.88. The van der Waals surface area contributed by atoms with Crippen molar-refractivity contribution < 1.29 is 4.79 Å². The Hall–Kier alpha value is -2.16. The topological polar surface area (TPSA) is 42.0 Å². The van der Waals surface area contributed by atoms with E-state index in [4.69, 9.17) is 0 Å². The maximum Gasteiger partial charge on any atom is 0.224 e. The Morgan fingerprint density at radius 2 is 2.05 bits per heavy atom. The first-order chi connectivity index (χ1) is 9.15. The summed E-state index contributed by atoms with van der Waals surface area (Å²) in [4.78, 5) is 15.8. The molecule has 1 amide bonds. The number of pyridine rings is 1. The highest BCUT2D eigenvalue weighted by atomic mass is 16.1. The van der Waals surface area contributed by atoms with Crippen LogP contribution in [0.3, 0.4) is 0 Å². The molecule has 0 atom stereocenters. The van der Waals surface area contributed by atoms with Gasteiger partial charge in [-0.25, -0.2) is 0 Å². The third-order valence-corrected chi connectivity index (χ3v) is 3.16. The molecule has 0 aliphatic carbocycles. The van der Waals surface area contributed by atoms with Gasteiger partial charge in [-0.05, 0) is 49.1 Å². The van der Waals surface area contributed by atoms with Crippen LogP contribution in [-0.2, 0) is 11.2 Å². The van der Waals surface area contributed by atoms with Crippen molar-refractivity contribution in [3.05, 3.63) is 59.4 Å². The number of anilines is 1. The number of carbonyl (C=O) groups excluding carboxylic acids is 1. The summed E-state index contributed by atoms with van der Waals surface area (Å²) in [6.45, 7) is 4.18. The Morgan fingerprint density at radius 3 is 2.74 bits per heavy atom. The first-order valence-corrected chi connectivity index (χ1v) is 6.41. The maximum atomic E-state index is 11.8. The fourth-order valence-electron chi connectivity index (χ4n) is 1.88. The minimum absolute atomic E-state index is 0.0197. The van der Waals surface area contributed by atoms with E-state index in [1.165, 1.54) is 16.7 Å². The first kappa shape index (κ1) is 13.3. The average molecular weight is 254 g/mol. The molecule has 0 saturated heterocycles. The second-order valence-corrected chi connectivity index (χ2v) is 4.71. The van der Waals surface area contributed by atoms with E-state index < -0.39 is 0 Å². The second kappa shape index (κ2) is 6.14. The Kier molecular flexibility index (Phi) is 4.29. The molecule has 0 aliphatic rings. The van der Waals surface area contributed by atoms with Crippen LogP contribution < -0.4 is 5.32 Å². The SMILES string of the molecule is Cc1ccc(CCC(=O)Nc2cccnc2)cc1C. The number of benzene rings is 1. The van der Waals surface area contributed by atoms with Gasteiger partial charge in [0.2, 0.25) is 5.91 Å². The van der Waals surface area contributed by atoms with Crippen molar-refractivity contribution in [2.45, 2.75) is 26.7 Å². The molecule has 1 heterocycles. The lowest BCUT2D eigenvalue weighted by molar-refractivity contribution is -0.116. The molecule has 3 heteroatoms. The van der Waals surface area contributed by atoms with Crippen LogP contribution in [0.1, 0.15) is 23.1 Å². The van der Waals surface area contributed by atoms with Gasteiger partial charge >= 0.3 is 0 Å². The van der Waals surface area contributed by atoms with Crippen molar-refractivity contribution in [1.82, 2.24) is 4.98 Å². The van der Waals surface area contributed by atoms with Gasteiger partial charge in [0.05, 0.1) is 11.9 Å². The quantitative estimate of drug-likeness (QED) is 0.909. The van der Waals surface area contributed by atoms with Crippen molar-refractivity contribution in [3.63, 3.8) is 0 Å². The molecule has 1 N–H and O–H groups in total. The average Bonchev–Trinajstić information content (AvgIpc) is 2.41. The van der Waals surface area contributed by atoms with Crippen molar-refractivity contribution in [1.29, 1.82) is 0 Å². The van der Waals surface area contributed by atoms with E-state index >= 15 is 0 Å². The molecule has 98 valence electrons. The monoisotopic (exact) mass is 254 g/mol. The number of nitrogens with one attached hydrogen (secondary N) is 1. The summed E-state index contributed by atoms with van der Waals surface area (Å²) < 4.78 is 0. The molecule has 1 aromatic carbocycles. The van der Waals surface area contributed by atoms with Gasteiger partial charge in [0, 0.05) is 12.6 Å². The van der Waals surface area contributed by atoms with Crippen LogP contribution in [0.25, 0.3) is 0 Å². The van der Waals surface area contributed by atoms with Gasteiger partial charge in [-0.2, -0.15) is 0 Å². The Labute approximate surface area is 113 Å². The van der Waals surface area contributed by atoms with Crippen molar-refractivity contribution in [2.24, 2.45) is 0 Å². The third-order valence-electron chi connectivity index (χ3n) is 3.16. The molecule has 19 heavy (non-hydrogen) atoms. The van der Waals surface area contributed by atoms with Gasteiger partial charge in [0.25, 0.3) is 0 Å². The standard InChI is InChI=1S/C16H18N2O/c1-12-5-6-14(10-13(12)2)7-8-16(19)18-15-4-3-9-17-11-15/h3-6,9-11H,7-8H2,1-2H3,(H,18,19). The summed E-state index contributed by atoms with van der Waals surface area (Å²) >= 11 is 0. The lowest BCUT2D eigenvalue weighted by Gasteiger charge is -2.06. The van der Waals surface area contributed by atoms with Crippen LogP contribution in [0.4, 0.5) is 5.69 Å². The summed E-state index contributed by atoms with van der Waals surface area (Å²) in [5.74, 6) is 0.0197. The van der Waals surface area contributed by atoms with E-state index in [1.54, 1.807) is 18.5 Å². The highest BCUT2D eigenvalue weighted by Gasteiger charge is 2.04. The predicted octanol–water partition coefficient (Wildman–Crippen LogP) is 3.27. The van der Waals surface area contributed by atoms with Crippen LogP contribution in [0.15, 0.2) is 42.7 Å². The number of nitrogens with zero attached hydrogens (tertiary/aromatic N) is 1. The molecule has 1 aromatic heterocycles. The van der Waals surface area contributed by atoms with E-state index in [-0.39, 0.29) is 5.91 Å². The fraction of sp³-hybridized carbons (Fsp3) is 0.250. The molecule has 0 fully saturated rings. The number of amides is 1. The van der Waals surface area contributed by atoms with E-state index in [0.717, 1.165) is 12.1 Å². The summed E-state index contributed by atoms with van der Waals surface area (Å²) in [5.41, 5.74) is 4.49. The zero-order valence-electron chi connectivity index (χ0n) is 11.3. The summed E-state index contributed by atoms with van der Waals surface area (Å²) in [5, 5.41) is 2.84. The van der Waals surface area contributed by atoms with Crippen LogP contribution in [0.2, 0.25) is 0 Å². The number of rotatable bonds is 4. The van der Waals surface area contributed by atoms with Gasteiger partial charge in [0.1, 0.15) is 0 Å².